The van der Waals surface area contributed by atoms with E-state index in [0.29, 0.717) is 5.88 Å². The third kappa shape index (κ3) is 2.81. The molecule has 1 aliphatic rings. The molecule has 1 aromatic heterocycles. The van der Waals surface area contributed by atoms with Gasteiger partial charge >= 0.3 is 0 Å². The molecule has 1 unspecified atom stereocenters. The van der Waals surface area contributed by atoms with Crippen molar-refractivity contribution in [2.45, 2.75) is 31.7 Å². The number of methoxy groups -OCH3 is 1. The summed E-state index contributed by atoms with van der Waals surface area (Å²) in [4.78, 5) is 0. The monoisotopic (exact) mass is 234 g/mol. The Morgan fingerprint density at radius 3 is 2.76 bits per heavy atom. The average Bonchev–Trinajstić information content (AvgIpc) is 2.42. The molecule has 0 aromatic carbocycles. The fraction of sp³-hybridized carbons (Fsp3) is 0.500. The molecular weight excluding hydrogens is 216 g/mol. The first-order valence-corrected chi connectivity index (χ1v) is 5.88. The van der Waals surface area contributed by atoms with Crippen LogP contribution in [-0.2, 0) is 0 Å². The summed E-state index contributed by atoms with van der Waals surface area (Å²) in [7, 11) is 1.58. The third-order valence-corrected chi connectivity index (χ3v) is 3.03. The third-order valence-electron chi connectivity index (χ3n) is 3.03. The molecule has 17 heavy (non-hydrogen) atoms. The zero-order valence-corrected chi connectivity index (χ0v) is 10.0. The quantitative estimate of drug-likeness (QED) is 0.469. The van der Waals surface area contributed by atoms with Gasteiger partial charge in [-0.15, -0.1) is 10.2 Å². The van der Waals surface area contributed by atoms with Crippen LogP contribution < -0.4 is 16.0 Å². The Kier molecular flexibility index (Phi) is 4.06. The van der Waals surface area contributed by atoms with Crippen molar-refractivity contribution in [3.05, 3.63) is 29.5 Å². The second-order valence-electron chi connectivity index (χ2n) is 4.13. The molecule has 0 aliphatic heterocycles. The van der Waals surface area contributed by atoms with E-state index < -0.39 is 0 Å². The first-order chi connectivity index (χ1) is 8.35. The van der Waals surface area contributed by atoms with Crippen LogP contribution in [0.1, 0.15) is 37.4 Å². The highest BCUT2D eigenvalue weighted by atomic mass is 16.5. The van der Waals surface area contributed by atoms with Crippen molar-refractivity contribution in [1.82, 2.24) is 15.6 Å². The number of nitrogens with one attached hydrogen (secondary N) is 1. The van der Waals surface area contributed by atoms with Gasteiger partial charge in [-0.05, 0) is 37.3 Å². The van der Waals surface area contributed by atoms with Crippen molar-refractivity contribution >= 4 is 0 Å². The van der Waals surface area contributed by atoms with Gasteiger partial charge in [0.25, 0.3) is 0 Å². The number of allylic oxidation sites excluding steroid dienone is 1. The number of nitrogens with two attached hydrogens (primary N) is 1. The normalized spacial score (nSPS) is 17.4. The maximum absolute atomic E-state index is 5.62. The number of nitrogens with zero attached hydrogens (tertiary/aromatic N) is 2. The first kappa shape index (κ1) is 12.0. The lowest BCUT2D eigenvalue weighted by molar-refractivity contribution is 0.389. The van der Waals surface area contributed by atoms with E-state index in [2.05, 4.69) is 21.7 Å². The van der Waals surface area contributed by atoms with Crippen molar-refractivity contribution in [2.24, 2.45) is 5.84 Å². The van der Waals surface area contributed by atoms with E-state index in [1.165, 1.54) is 18.4 Å². The fourth-order valence-electron chi connectivity index (χ4n) is 2.10. The molecule has 0 amide bonds. The molecule has 92 valence electrons. The molecule has 0 saturated heterocycles. The first-order valence-electron chi connectivity index (χ1n) is 5.88. The van der Waals surface area contributed by atoms with E-state index in [0.717, 1.165) is 18.5 Å². The molecule has 0 fully saturated rings. The Bertz CT molecular complexity index is 388. The second-order valence-corrected chi connectivity index (χ2v) is 4.13. The topological polar surface area (TPSA) is 73.1 Å². The largest absolute Gasteiger partial charge is 0.480 e. The molecular formula is C12H18N4O. The summed E-state index contributed by atoms with van der Waals surface area (Å²) in [5.74, 6) is 6.13. The van der Waals surface area contributed by atoms with Gasteiger partial charge in [-0.2, -0.15) is 0 Å². The Hall–Kier alpha value is -1.46. The smallest absolute Gasteiger partial charge is 0.233 e. The Labute approximate surface area is 101 Å². The van der Waals surface area contributed by atoms with Crippen molar-refractivity contribution in [3.8, 4) is 5.88 Å². The number of hydrogen-bond acceptors (Lipinski definition) is 5. The summed E-state index contributed by atoms with van der Waals surface area (Å²) >= 11 is 0. The van der Waals surface area contributed by atoms with E-state index in [1.807, 2.05) is 6.07 Å². The van der Waals surface area contributed by atoms with Crippen LogP contribution in [0.4, 0.5) is 0 Å². The van der Waals surface area contributed by atoms with Crippen LogP contribution in [0.5, 0.6) is 5.88 Å². The second kappa shape index (κ2) is 5.75. The van der Waals surface area contributed by atoms with Crippen molar-refractivity contribution in [2.75, 3.05) is 7.11 Å². The highest BCUT2D eigenvalue weighted by Gasteiger charge is 2.18. The minimum absolute atomic E-state index is 0.0336. The van der Waals surface area contributed by atoms with Gasteiger partial charge in [0.05, 0.1) is 18.8 Å². The molecule has 0 saturated carbocycles. The molecule has 5 nitrogen and oxygen atoms in total. The van der Waals surface area contributed by atoms with Gasteiger partial charge in [-0.3, -0.25) is 5.84 Å². The fourth-order valence-corrected chi connectivity index (χ4v) is 2.10. The minimum atomic E-state index is -0.0336. The summed E-state index contributed by atoms with van der Waals surface area (Å²) in [5.41, 5.74) is 4.95. The van der Waals surface area contributed by atoms with E-state index >= 15 is 0 Å². The maximum atomic E-state index is 5.62. The number of aromatic nitrogens is 2. The highest BCUT2D eigenvalue weighted by Crippen LogP contribution is 2.28. The summed E-state index contributed by atoms with van der Waals surface area (Å²) in [5, 5.41) is 8.10. The maximum Gasteiger partial charge on any atom is 0.233 e. The van der Waals surface area contributed by atoms with Crippen LogP contribution in [0, 0.1) is 0 Å². The Morgan fingerprint density at radius 1 is 1.35 bits per heavy atom. The van der Waals surface area contributed by atoms with Crippen LogP contribution in [0.2, 0.25) is 0 Å². The standard InChI is InChI=1S/C12H18N4O/c1-17-11-8-7-10(15-16-11)12(14-13)9-5-3-2-4-6-9/h5,7-8,12,14H,2-4,6,13H2,1H3. The van der Waals surface area contributed by atoms with Crippen LogP contribution in [0.3, 0.4) is 0 Å². The van der Waals surface area contributed by atoms with Crippen LogP contribution >= 0.6 is 0 Å². The molecule has 0 spiro atoms. The van der Waals surface area contributed by atoms with E-state index in [-0.39, 0.29) is 6.04 Å². The lowest BCUT2D eigenvalue weighted by Crippen LogP contribution is -2.30. The molecule has 0 bridgehead atoms. The predicted molar refractivity (Wildman–Crippen MR) is 65.2 cm³/mol. The molecule has 1 atom stereocenters. The molecule has 1 heterocycles. The van der Waals surface area contributed by atoms with E-state index in [9.17, 15) is 0 Å². The van der Waals surface area contributed by atoms with E-state index in [4.69, 9.17) is 10.6 Å². The average molecular weight is 234 g/mol. The summed E-state index contributed by atoms with van der Waals surface area (Å²) < 4.78 is 4.99. The van der Waals surface area contributed by atoms with Crippen molar-refractivity contribution < 1.29 is 4.74 Å². The molecule has 2 rings (SSSR count). The van der Waals surface area contributed by atoms with Crippen molar-refractivity contribution in [1.29, 1.82) is 0 Å². The Morgan fingerprint density at radius 2 is 2.24 bits per heavy atom. The van der Waals surface area contributed by atoms with Gasteiger partial charge in [0.1, 0.15) is 0 Å². The number of ether oxygens (including phenoxy) is 1. The van der Waals surface area contributed by atoms with Gasteiger partial charge in [0, 0.05) is 6.07 Å². The van der Waals surface area contributed by atoms with Crippen LogP contribution in [0.15, 0.2) is 23.8 Å². The van der Waals surface area contributed by atoms with Gasteiger partial charge in [-0.25, -0.2) is 5.43 Å². The zero-order valence-electron chi connectivity index (χ0n) is 10.0. The number of rotatable bonds is 4. The minimum Gasteiger partial charge on any atom is -0.480 e. The van der Waals surface area contributed by atoms with E-state index in [1.54, 1.807) is 13.2 Å². The summed E-state index contributed by atoms with van der Waals surface area (Å²) in [6.07, 6.45) is 6.92. The molecule has 1 aliphatic carbocycles. The summed E-state index contributed by atoms with van der Waals surface area (Å²) in [6.45, 7) is 0. The lowest BCUT2D eigenvalue weighted by Gasteiger charge is -2.21. The van der Waals surface area contributed by atoms with Gasteiger partial charge in [-0.1, -0.05) is 6.08 Å². The Balaban J connectivity index is 2.18. The van der Waals surface area contributed by atoms with Gasteiger partial charge in [0.2, 0.25) is 5.88 Å². The summed E-state index contributed by atoms with van der Waals surface area (Å²) in [6, 6.07) is 3.66. The van der Waals surface area contributed by atoms with Crippen LogP contribution in [0.25, 0.3) is 0 Å². The highest BCUT2D eigenvalue weighted by molar-refractivity contribution is 5.24. The molecule has 5 heteroatoms. The lowest BCUT2D eigenvalue weighted by atomic mass is 9.92. The van der Waals surface area contributed by atoms with Crippen LogP contribution in [-0.4, -0.2) is 17.3 Å². The number of hydrogen-bond donors (Lipinski definition) is 2. The number of hydrazine groups is 1. The molecule has 1 aromatic rings. The predicted octanol–water partition coefficient (Wildman–Crippen LogP) is 1.49. The zero-order chi connectivity index (χ0) is 12.1. The van der Waals surface area contributed by atoms with Crippen molar-refractivity contribution in [3.63, 3.8) is 0 Å². The SMILES string of the molecule is COc1ccc(C(NN)C2=CCCCC2)nn1. The van der Waals surface area contributed by atoms with Gasteiger partial charge < -0.3 is 4.74 Å². The molecule has 3 N–H and O–H groups in total. The molecule has 0 radical (unpaired) electrons. The van der Waals surface area contributed by atoms with Gasteiger partial charge in [0.15, 0.2) is 0 Å².